The molecule has 25 heavy (non-hydrogen) atoms. The Kier molecular flexibility index (Phi) is 4.33. The van der Waals surface area contributed by atoms with Crippen molar-refractivity contribution in [3.8, 4) is 16.9 Å². The minimum absolute atomic E-state index is 0.121. The summed E-state index contributed by atoms with van der Waals surface area (Å²) in [6, 6.07) is 14.5. The number of methoxy groups -OCH3 is 1. The van der Waals surface area contributed by atoms with Crippen LogP contribution in [0, 0.1) is 0 Å². The lowest BCUT2D eigenvalue weighted by atomic mass is 10.0. The minimum Gasteiger partial charge on any atom is -0.497 e. The summed E-state index contributed by atoms with van der Waals surface area (Å²) < 4.78 is 5.78. The molecule has 2 aromatic carbocycles. The van der Waals surface area contributed by atoms with Gasteiger partial charge in [-0.1, -0.05) is 42.2 Å². The number of ether oxygens (including phenoxy) is 1. The van der Waals surface area contributed by atoms with Crippen molar-refractivity contribution >= 4 is 62.4 Å². The van der Waals surface area contributed by atoms with Gasteiger partial charge in [0.25, 0.3) is 5.91 Å². The Morgan fingerprint density at radius 1 is 1.08 bits per heavy atom. The summed E-state index contributed by atoms with van der Waals surface area (Å²) in [5.41, 5.74) is 2.29. The molecule has 1 N–H and O–H groups in total. The Hall–Kier alpha value is -2.15. The SMILES string of the molecule is COc1ccc2cc(-c3csc(/C=C4\SC(=S)NC4=O)c3)ccc2c1. The fourth-order valence-corrected chi connectivity index (χ4v) is 4.62. The third kappa shape index (κ3) is 3.33. The molecule has 4 rings (SSSR count). The molecule has 6 heteroatoms. The van der Waals surface area contributed by atoms with Crippen LogP contribution in [0.2, 0.25) is 0 Å². The fraction of sp³-hybridized carbons (Fsp3) is 0.0526. The number of carbonyl (C=O) groups excluding carboxylic acids is 1. The van der Waals surface area contributed by atoms with Gasteiger partial charge in [-0.3, -0.25) is 4.79 Å². The van der Waals surface area contributed by atoms with Gasteiger partial charge < -0.3 is 10.1 Å². The molecule has 124 valence electrons. The summed E-state index contributed by atoms with van der Waals surface area (Å²) in [4.78, 5) is 13.4. The molecule has 0 atom stereocenters. The van der Waals surface area contributed by atoms with E-state index in [2.05, 4.69) is 41.0 Å². The summed E-state index contributed by atoms with van der Waals surface area (Å²) >= 11 is 7.94. The summed E-state index contributed by atoms with van der Waals surface area (Å²) in [7, 11) is 1.67. The third-order valence-corrected chi connectivity index (χ3v) is 5.96. The van der Waals surface area contributed by atoms with E-state index in [0.29, 0.717) is 9.23 Å². The molecule has 0 bridgehead atoms. The van der Waals surface area contributed by atoms with Crippen molar-refractivity contribution in [3.63, 3.8) is 0 Å². The lowest BCUT2D eigenvalue weighted by molar-refractivity contribution is -0.115. The second kappa shape index (κ2) is 6.63. The van der Waals surface area contributed by atoms with Crippen LogP contribution in [0.15, 0.2) is 52.7 Å². The van der Waals surface area contributed by atoms with Crippen LogP contribution in [0.1, 0.15) is 4.88 Å². The lowest BCUT2D eigenvalue weighted by Gasteiger charge is -2.04. The first-order chi connectivity index (χ1) is 12.1. The number of thiophene rings is 1. The van der Waals surface area contributed by atoms with Crippen LogP contribution in [-0.4, -0.2) is 17.3 Å². The molecule has 1 fully saturated rings. The first kappa shape index (κ1) is 16.3. The molecule has 0 saturated carbocycles. The van der Waals surface area contributed by atoms with Crippen molar-refractivity contribution in [1.29, 1.82) is 0 Å². The molecule has 1 aromatic heterocycles. The van der Waals surface area contributed by atoms with Crippen molar-refractivity contribution in [2.45, 2.75) is 0 Å². The van der Waals surface area contributed by atoms with E-state index in [-0.39, 0.29) is 5.91 Å². The number of carbonyl (C=O) groups is 1. The number of hydrogen-bond donors (Lipinski definition) is 1. The summed E-state index contributed by atoms with van der Waals surface area (Å²) in [5.74, 6) is 0.736. The lowest BCUT2D eigenvalue weighted by Crippen LogP contribution is -2.17. The first-order valence-electron chi connectivity index (χ1n) is 7.54. The second-order valence-corrected chi connectivity index (χ2v) is 8.18. The number of rotatable bonds is 3. The molecule has 1 aliphatic rings. The predicted molar refractivity (Wildman–Crippen MR) is 110 cm³/mol. The summed E-state index contributed by atoms with van der Waals surface area (Å²) in [6.45, 7) is 0. The van der Waals surface area contributed by atoms with Gasteiger partial charge in [-0.2, -0.15) is 0 Å². The normalized spacial score (nSPS) is 15.8. The van der Waals surface area contributed by atoms with Gasteiger partial charge in [-0.05, 0) is 57.6 Å². The number of thiocarbonyl (C=S) groups is 1. The molecule has 1 saturated heterocycles. The number of amides is 1. The standard InChI is InChI=1S/C19H13NO2S3/c1-22-15-5-4-11-6-12(2-3-13(11)7-15)14-8-16(24-10-14)9-17-18(21)20-19(23)25-17/h2-10H,1H3,(H,20,21,23)/b17-9-. The zero-order valence-corrected chi connectivity index (χ0v) is 15.7. The largest absolute Gasteiger partial charge is 0.497 e. The van der Waals surface area contributed by atoms with Gasteiger partial charge in [-0.25, -0.2) is 0 Å². The molecule has 0 unspecified atom stereocenters. The molecule has 3 nitrogen and oxygen atoms in total. The number of nitrogens with one attached hydrogen (secondary N) is 1. The van der Waals surface area contributed by atoms with Crippen LogP contribution in [-0.2, 0) is 4.79 Å². The van der Waals surface area contributed by atoms with E-state index in [9.17, 15) is 4.79 Å². The van der Waals surface area contributed by atoms with Crippen molar-refractivity contribution in [1.82, 2.24) is 5.32 Å². The average molecular weight is 384 g/mol. The van der Waals surface area contributed by atoms with E-state index in [0.717, 1.165) is 27.1 Å². The monoisotopic (exact) mass is 383 g/mol. The number of fused-ring (bicyclic) bond motifs is 1. The van der Waals surface area contributed by atoms with Gasteiger partial charge in [-0.15, -0.1) is 11.3 Å². The smallest absolute Gasteiger partial charge is 0.263 e. The van der Waals surface area contributed by atoms with Crippen molar-refractivity contribution in [2.75, 3.05) is 7.11 Å². The second-order valence-electron chi connectivity index (χ2n) is 5.52. The quantitative estimate of drug-likeness (QED) is 0.506. The van der Waals surface area contributed by atoms with Crippen molar-refractivity contribution in [2.24, 2.45) is 0 Å². The summed E-state index contributed by atoms with van der Waals surface area (Å²) in [5, 5.41) is 7.05. The molecule has 3 aromatic rings. The van der Waals surface area contributed by atoms with E-state index in [1.165, 1.54) is 17.1 Å². The maximum Gasteiger partial charge on any atom is 0.263 e. The Morgan fingerprint density at radius 3 is 2.64 bits per heavy atom. The van der Waals surface area contributed by atoms with Gasteiger partial charge in [0.2, 0.25) is 0 Å². The maximum atomic E-state index is 11.8. The highest BCUT2D eigenvalue weighted by molar-refractivity contribution is 8.26. The molecule has 0 radical (unpaired) electrons. The van der Waals surface area contributed by atoms with Gasteiger partial charge >= 0.3 is 0 Å². The van der Waals surface area contributed by atoms with Crippen LogP contribution in [0.5, 0.6) is 5.75 Å². The predicted octanol–water partition coefficient (Wildman–Crippen LogP) is 5.07. The van der Waals surface area contributed by atoms with E-state index in [1.807, 2.05) is 18.2 Å². The number of thioether (sulfide) groups is 1. The number of hydrogen-bond acceptors (Lipinski definition) is 5. The van der Waals surface area contributed by atoms with Gasteiger partial charge in [0, 0.05) is 4.88 Å². The summed E-state index contributed by atoms with van der Waals surface area (Å²) in [6.07, 6.45) is 1.89. The third-order valence-electron chi connectivity index (χ3n) is 3.92. The highest BCUT2D eigenvalue weighted by atomic mass is 32.2. The van der Waals surface area contributed by atoms with E-state index >= 15 is 0 Å². The molecule has 1 aliphatic heterocycles. The highest BCUT2D eigenvalue weighted by Crippen LogP contribution is 2.33. The molecular weight excluding hydrogens is 370 g/mol. The first-order valence-corrected chi connectivity index (χ1v) is 9.64. The van der Waals surface area contributed by atoms with Crippen LogP contribution in [0.3, 0.4) is 0 Å². The fourth-order valence-electron chi connectivity index (χ4n) is 2.66. The number of benzene rings is 2. The van der Waals surface area contributed by atoms with Crippen LogP contribution >= 0.6 is 35.3 Å². The van der Waals surface area contributed by atoms with Crippen LogP contribution < -0.4 is 10.1 Å². The van der Waals surface area contributed by atoms with E-state index < -0.39 is 0 Å². The molecular formula is C19H13NO2S3. The Labute approximate surface area is 158 Å². The van der Waals surface area contributed by atoms with E-state index in [1.54, 1.807) is 18.4 Å². The molecule has 0 spiro atoms. The van der Waals surface area contributed by atoms with Gasteiger partial charge in [0.15, 0.2) is 0 Å². The molecule has 0 aliphatic carbocycles. The minimum atomic E-state index is -0.121. The molecule has 1 amide bonds. The maximum absolute atomic E-state index is 11.8. The van der Waals surface area contributed by atoms with Crippen LogP contribution in [0.4, 0.5) is 0 Å². The van der Waals surface area contributed by atoms with Crippen LogP contribution in [0.25, 0.3) is 28.0 Å². The van der Waals surface area contributed by atoms with Crippen molar-refractivity contribution < 1.29 is 9.53 Å². The Morgan fingerprint density at radius 2 is 1.88 bits per heavy atom. The highest BCUT2D eigenvalue weighted by Gasteiger charge is 2.22. The zero-order valence-electron chi connectivity index (χ0n) is 13.2. The van der Waals surface area contributed by atoms with Crippen molar-refractivity contribution in [3.05, 3.63) is 57.6 Å². The topological polar surface area (TPSA) is 38.3 Å². The van der Waals surface area contributed by atoms with Gasteiger partial charge in [0.05, 0.1) is 12.0 Å². The Balaban J connectivity index is 1.66. The zero-order chi connectivity index (χ0) is 17.4. The molecule has 2 heterocycles. The van der Waals surface area contributed by atoms with E-state index in [4.69, 9.17) is 17.0 Å². The van der Waals surface area contributed by atoms with Gasteiger partial charge in [0.1, 0.15) is 10.1 Å². The Bertz CT molecular complexity index is 1040. The average Bonchev–Trinajstić information content (AvgIpc) is 3.20.